The number of rotatable bonds is 3. The molecule has 1 amide bonds. The van der Waals surface area contributed by atoms with Gasteiger partial charge in [-0.3, -0.25) is 4.79 Å². The van der Waals surface area contributed by atoms with Crippen LogP contribution in [0.1, 0.15) is 6.92 Å². The summed E-state index contributed by atoms with van der Waals surface area (Å²) in [6.07, 6.45) is 5.08. The summed E-state index contributed by atoms with van der Waals surface area (Å²) >= 11 is 0. The first kappa shape index (κ1) is 10.7. The van der Waals surface area contributed by atoms with E-state index >= 15 is 0 Å². The lowest BCUT2D eigenvalue weighted by Gasteiger charge is -2.37. The molecule has 1 saturated heterocycles. The Kier molecular flexibility index (Phi) is 3.19. The van der Waals surface area contributed by atoms with Gasteiger partial charge in [0.25, 0.3) is 0 Å². The molecule has 0 atom stereocenters. The van der Waals surface area contributed by atoms with Crippen molar-refractivity contribution >= 4 is 5.91 Å². The standard InChI is InChI=1S/C12H14N2O2/c1-2-5-12(15)14-8-10(9-14)16-11-6-3-4-7-13-11/h2-7,10H,8-9H2,1H3/b5-2+. The maximum Gasteiger partial charge on any atom is 0.246 e. The predicted octanol–water partition coefficient (Wildman–Crippen LogP) is 1.25. The fourth-order valence-electron chi connectivity index (χ4n) is 1.53. The van der Waals surface area contributed by atoms with E-state index in [0.717, 1.165) is 0 Å². The maximum absolute atomic E-state index is 11.4. The number of hydrogen-bond donors (Lipinski definition) is 0. The van der Waals surface area contributed by atoms with Gasteiger partial charge in [0.05, 0.1) is 13.1 Å². The molecule has 0 aromatic carbocycles. The van der Waals surface area contributed by atoms with Crippen molar-refractivity contribution in [3.63, 3.8) is 0 Å². The van der Waals surface area contributed by atoms with E-state index in [1.54, 1.807) is 23.2 Å². The van der Waals surface area contributed by atoms with Crippen LogP contribution in [0.25, 0.3) is 0 Å². The molecule has 0 unspecified atom stereocenters. The Balaban J connectivity index is 1.79. The van der Waals surface area contributed by atoms with Crippen LogP contribution in [0.3, 0.4) is 0 Å². The predicted molar refractivity (Wildman–Crippen MR) is 60.0 cm³/mol. The molecule has 0 saturated carbocycles. The second kappa shape index (κ2) is 4.79. The van der Waals surface area contributed by atoms with Gasteiger partial charge >= 0.3 is 0 Å². The van der Waals surface area contributed by atoms with Crippen LogP contribution >= 0.6 is 0 Å². The van der Waals surface area contributed by atoms with E-state index in [9.17, 15) is 4.79 Å². The van der Waals surface area contributed by atoms with Gasteiger partial charge in [0, 0.05) is 12.3 Å². The third-order valence-corrected chi connectivity index (χ3v) is 2.39. The smallest absolute Gasteiger partial charge is 0.246 e. The lowest BCUT2D eigenvalue weighted by atomic mass is 10.1. The SMILES string of the molecule is C/C=C/C(=O)N1CC(Oc2ccccn2)C1. The van der Waals surface area contributed by atoms with Gasteiger partial charge in [-0.1, -0.05) is 12.1 Å². The highest BCUT2D eigenvalue weighted by Crippen LogP contribution is 2.15. The van der Waals surface area contributed by atoms with Crippen molar-refractivity contribution in [3.8, 4) is 5.88 Å². The molecule has 0 bridgehead atoms. The van der Waals surface area contributed by atoms with Gasteiger partial charge < -0.3 is 9.64 Å². The quantitative estimate of drug-likeness (QED) is 0.717. The minimum absolute atomic E-state index is 0.0448. The van der Waals surface area contributed by atoms with E-state index in [-0.39, 0.29) is 12.0 Å². The van der Waals surface area contributed by atoms with E-state index in [4.69, 9.17) is 4.74 Å². The Bertz CT molecular complexity index is 383. The fraction of sp³-hybridized carbons (Fsp3) is 0.333. The van der Waals surface area contributed by atoms with Crippen molar-refractivity contribution in [3.05, 3.63) is 36.5 Å². The summed E-state index contributed by atoms with van der Waals surface area (Å²) in [4.78, 5) is 17.2. The number of ether oxygens (including phenoxy) is 1. The van der Waals surface area contributed by atoms with Crippen LogP contribution < -0.4 is 4.74 Å². The van der Waals surface area contributed by atoms with Crippen molar-refractivity contribution in [1.82, 2.24) is 9.88 Å². The number of pyridine rings is 1. The summed E-state index contributed by atoms with van der Waals surface area (Å²) in [6.45, 7) is 3.11. The number of hydrogen-bond acceptors (Lipinski definition) is 3. The van der Waals surface area contributed by atoms with Crippen molar-refractivity contribution in [2.24, 2.45) is 0 Å². The number of amides is 1. The molecule has 2 rings (SSSR count). The monoisotopic (exact) mass is 218 g/mol. The van der Waals surface area contributed by atoms with Gasteiger partial charge in [-0.25, -0.2) is 4.98 Å². The summed E-state index contributed by atoms with van der Waals surface area (Å²) in [5.41, 5.74) is 0. The highest BCUT2D eigenvalue weighted by molar-refractivity contribution is 5.88. The number of likely N-dealkylation sites (tertiary alicyclic amines) is 1. The Hall–Kier alpha value is -1.84. The molecule has 0 spiro atoms. The zero-order valence-electron chi connectivity index (χ0n) is 9.17. The van der Waals surface area contributed by atoms with Crippen molar-refractivity contribution in [1.29, 1.82) is 0 Å². The van der Waals surface area contributed by atoms with Crippen molar-refractivity contribution < 1.29 is 9.53 Å². The van der Waals surface area contributed by atoms with Crippen LogP contribution in [-0.4, -0.2) is 35.0 Å². The molecule has 4 heteroatoms. The molecule has 4 nitrogen and oxygen atoms in total. The second-order valence-electron chi connectivity index (χ2n) is 3.65. The summed E-state index contributed by atoms with van der Waals surface area (Å²) < 4.78 is 5.58. The van der Waals surface area contributed by atoms with Gasteiger partial charge in [0.15, 0.2) is 0 Å². The molecule has 1 aliphatic rings. The molecule has 1 aliphatic heterocycles. The number of aromatic nitrogens is 1. The third kappa shape index (κ3) is 2.39. The number of carbonyl (C=O) groups is 1. The van der Waals surface area contributed by atoms with Gasteiger partial charge in [0.1, 0.15) is 6.10 Å². The van der Waals surface area contributed by atoms with E-state index in [1.807, 2.05) is 25.1 Å². The minimum Gasteiger partial charge on any atom is -0.471 e. The van der Waals surface area contributed by atoms with Crippen LogP contribution in [0.4, 0.5) is 0 Å². The molecule has 1 aromatic heterocycles. The van der Waals surface area contributed by atoms with Gasteiger partial charge in [-0.2, -0.15) is 0 Å². The lowest BCUT2D eigenvalue weighted by Crippen LogP contribution is -2.55. The van der Waals surface area contributed by atoms with E-state index in [2.05, 4.69) is 4.98 Å². The largest absolute Gasteiger partial charge is 0.471 e. The van der Waals surface area contributed by atoms with Gasteiger partial charge in [-0.05, 0) is 19.1 Å². The molecular formula is C12H14N2O2. The summed E-state index contributed by atoms with van der Waals surface area (Å²) in [5.74, 6) is 0.661. The van der Waals surface area contributed by atoms with Crippen molar-refractivity contribution in [2.45, 2.75) is 13.0 Å². The van der Waals surface area contributed by atoms with E-state index < -0.39 is 0 Å². The molecule has 0 aliphatic carbocycles. The molecule has 84 valence electrons. The molecule has 0 N–H and O–H groups in total. The third-order valence-electron chi connectivity index (χ3n) is 2.39. The zero-order valence-corrected chi connectivity index (χ0v) is 9.17. The average Bonchev–Trinajstić information content (AvgIpc) is 2.24. The Morgan fingerprint density at radius 3 is 3.00 bits per heavy atom. The number of nitrogens with zero attached hydrogens (tertiary/aromatic N) is 2. The molecule has 16 heavy (non-hydrogen) atoms. The molecule has 1 fully saturated rings. The van der Waals surface area contributed by atoms with Gasteiger partial charge in [-0.15, -0.1) is 0 Å². The number of allylic oxidation sites excluding steroid dienone is 1. The fourth-order valence-corrected chi connectivity index (χ4v) is 1.53. The first-order chi connectivity index (χ1) is 7.79. The van der Waals surface area contributed by atoms with Gasteiger partial charge in [0.2, 0.25) is 11.8 Å². The Morgan fingerprint density at radius 1 is 1.56 bits per heavy atom. The molecular weight excluding hydrogens is 204 g/mol. The van der Waals surface area contributed by atoms with Crippen LogP contribution in [0, 0.1) is 0 Å². The average molecular weight is 218 g/mol. The Labute approximate surface area is 94.5 Å². The van der Waals surface area contributed by atoms with Crippen LogP contribution in [0.15, 0.2) is 36.5 Å². The lowest BCUT2D eigenvalue weighted by molar-refractivity contribution is -0.134. The molecule has 1 aromatic rings. The maximum atomic E-state index is 11.4. The van der Waals surface area contributed by atoms with Crippen LogP contribution in [0.5, 0.6) is 5.88 Å². The molecule has 0 radical (unpaired) electrons. The minimum atomic E-state index is 0.0448. The number of carbonyl (C=O) groups excluding carboxylic acids is 1. The van der Waals surface area contributed by atoms with E-state index in [1.165, 1.54) is 0 Å². The van der Waals surface area contributed by atoms with Crippen molar-refractivity contribution in [2.75, 3.05) is 13.1 Å². The first-order valence-electron chi connectivity index (χ1n) is 5.29. The topological polar surface area (TPSA) is 42.4 Å². The highest BCUT2D eigenvalue weighted by atomic mass is 16.5. The summed E-state index contributed by atoms with van der Waals surface area (Å²) in [7, 11) is 0. The molecule has 2 heterocycles. The normalized spacial score (nSPS) is 16.2. The van der Waals surface area contributed by atoms with Crippen LogP contribution in [0.2, 0.25) is 0 Å². The van der Waals surface area contributed by atoms with E-state index in [0.29, 0.717) is 19.0 Å². The summed E-state index contributed by atoms with van der Waals surface area (Å²) in [6, 6.07) is 5.54. The highest BCUT2D eigenvalue weighted by Gasteiger charge is 2.31. The summed E-state index contributed by atoms with van der Waals surface area (Å²) in [5, 5.41) is 0. The second-order valence-corrected chi connectivity index (χ2v) is 3.65. The first-order valence-corrected chi connectivity index (χ1v) is 5.29. The van der Waals surface area contributed by atoms with Crippen LogP contribution in [-0.2, 0) is 4.79 Å². The Morgan fingerprint density at radius 2 is 2.38 bits per heavy atom. The zero-order chi connectivity index (χ0) is 11.4.